The monoisotopic (exact) mass is 645 g/mol. The average Bonchev–Trinajstić information content (AvgIpc) is 3.66. The molecule has 242 valence electrons. The summed E-state index contributed by atoms with van der Waals surface area (Å²) in [5.41, 5.74) is 7.23. The van der Waals surface area contributed by atoms with Crippen LogP contribution in [0, 0.1) is 5.95 Å². The summed E-state index contributed by atoms with van der Waals surface area (Å²) in [5.74, 6) is 0.532. The number of nitrogens with zero attached hydrogens (tertiary/aromatic N) is 5. The highest BCUT2D eigenvalue weighted by Crippen LogP contribution is 2.32. The molecule has 5 heterocycles. The maximum absolute atomic E-state index is 13.7. The first-order valence-electron chi connectivity index (χ1n) is 16.0. The van der Waals surface area contributed by atoms with Crippen LogP contribution in [0.1, 0.15) is 45.7 Å². The van der Waals surface area contributed by atoms with Crippen LogP contribution in [-0.4, -0.2) is 54.5 Å². The molecule has 1 fully saturated rings. The predicted molar refractivity (Wildman–Crippen MR) is 175 cm³/mol. The molecule has 6 aromatic rings. The van der Waals surface area contributed by atoms with Crippen LogP contribution in [0.5, 0.6) is 11.6 Å². The lowest BCUT2D eigenvalue weighted by molar-refractivity contribution is -0.0589. The lowest BCUT2D eigenvalue weighted by Crippen LogP contribution is -2.31. The summed E-state index contributed by atoms with van der Waals surface area (Å²) >= 11 is 0. The number of carbonyl (C=O) groups is 1. The van der Waals surface area contributed by atoms with Crippen LogP contribution in [0.2, 0.25) is 0 Å². The van der Waals surface area contributed by atoms with Gasteiger partial charge in [-0.25, -0.2) is 19.7 Å². The van der Waals surface area contributed by atoms with E-state index in [0.29, 0.717) is 32.1 Å². The molecule has 1 unspecified atom stereocenters. The van der Waals surface area contributed by atoms with Gasteiger partial charge in [-0.2, -0.15) is 4.39 Å². The Balaban J connectivity index is 1.13. The summed E-state index contributed by atoms with van der Waals surface area (Å²) in [4.78, 5) is 25.2. The summed E-state index contributed by atoms with van der Waals surface area (Å²) in [6.07, 6.45) is 5.74. The molecule has 0 spiro atoms. The number of imidazole rings is 2. The zero-order valence-corrected chi connectivity index (χ0v) is 26.0. The average molecular weight is 646 g/mol. The van der Waals surface area contributed by atoms with Gasteiger partial charge >= 0.3 is 5.97 Å². The number of halogens is 1. The molecule has 4 bridgehead atoms. The SMILES string of the molecule is O=C(O)c1ccc2nc(Cc3ccc4cc3OCCCc3cc(-n5cnc(F)c5)ccc3COc3cccc-4n3)n(CC3CCO3)c2c1. The van der Waals surface area contributed by atoms with E-state index in [0.717, 1.165) is 82.1 Å². The first-order valence-corrected chi connectivity index (χ1v) is 16.0. The molecular formula is C37H32FN5O5. The number of benzene rings is 3. The number of hydrogen-bond acceptors (Lipinski definition) is 7. The van der Waals surface area contributed by atoms with Crippen LogP contribution in [0.4, 0.5) is 4.39 Å². The maximum atomic E-state index is 13.7. The van der Waals surface area contributed by atoms with Crippen LogP contribution >= 0.6 is 0 Å². The molecule has 2 aliphatic heterocycles. The second-order valence-corrected chi connectivity index (χ2v) is 12.1. The molecule has 0 radical (unpaired) electrons. The largest absolute Gasteiger partial charge is 0.493 e. The maximum Gasteiger partial charge on any atom is 0.335 e. The van der Waals surface area contributed by atoms with Crippen LogP contribution in [-0.2, 0) is 30.7 Å². The van der Waals surface area contributed by atoms with Gasteiger partial charge in [0.2, 0.25) is 11.8 Å². The van der Waals surface area contributed by atoms with Crippen molar-refractivity contribution in [3.05, 3.63) is 119 Å². The van der Waals surface area contributed by atoms with Crippen LogP contribution in [0.3, 0.4) is 0 Å². The van der Waals surface area contributed by atoms with Crippen molar-refractivity contribution in [1.82, 2.24) is 24.1 Å². The molecule has 10 nitrogen and oxygen atoms in total. The zero-order chi connectivity index (χ0) is 32.6. The number of pyridine rings is 1. The Kier molecular flexibility index (Phi) is 7.81. The lowest BCUT2D eigenvalue weighted by Gasteiger charge is -2.27. The molecule has 3 aromatic carbocycles. The molecule has 0 amide bonds. The number of aryl methyl sites for hydroxylation is 1. The number of carboxylic acids is 1. The fourth-order valence-corrected chi connectivity index (χ4v) is 6.28. The van der Waals surface area contributed by atoms with Gasteiger partial charge in [-0.05, 0) is 72.9 Å². The number of fused-ring (bicyclic) bond motifs is 7. The van der Waals surface area contributed by atoms with Gasteiger partial charge in [0.05, 0.1) is 47.7 Å². The minimum absolute atomic E-state index is 0.0584. The van der Waals surface area contributed by atoms with Gasteiger partial charge in [0.15, 0.2) is 0 Å². The first kappa shape index (κ1) is 29.8. The molecule has 0 saturated carbocycles. The molecule has 8 rings (SSSR count). The zero-order valence-electron chi connectivity index (χ0n) is 26.0. The van der Waals surface area contributed by atoms with E-state index in [1.165, 1.54) is 12.5 Å². The fourth-order valence-electron chi connectivity index (χ4n) is 6.28. The summed E-state index contributed by atoms with van der Waals surface area (Å²) in [5, 5.41) is 9.65. The quantitative estimate of drug-likeness (QED) is 0.221. The van der Waals surface area contributed by atoms with Gasteiger partial charge in [-0.1, -0.05) is 24.3 Å². The van der Waals surface area contributed by atoms with Crippen LogP contribution in [0.15, 0.2) is 85.3 Å². The minimum atomic E-state index is -0.977. The molecule has 2 aliphatic rings. The second kappa shape index (κ2) is 12.6. The smallest absolute Gasteiger partial charge is 0.335 e. The number of hydrogen-bond donors (Lipinski definition) is 1. The molecule has 1 N–H and O–H groups in total. The number of aromatic carboxylic acids is 1. The van der Waals surface area contributed by atoms with Crippen molar-refractivity contribution >= 4 is 17.0 Å². The van der Waals surface area contributed by atoms with Crippen LogP contribution in [0.25, 0.3) is 28.0 Å². The third kappa shape index (κ3) is 6.00. The Morgan fingerprint density at radius 2 is 1.90 bits per heavy atom. The summed E-state index contributed by atoms with van der Waals surface area (Å²) in [7, 11) is 0. The van der Waals surface area contributed by atoms with Gasteiger partial charge in [-0.15, -0.1) is 0 Å². The van der Waals surface area contributed by atoms with E-state index in [-0.39, 0.29) is 11.7 Å². The van der Waals surface area contributed by atoms with E-state index >= 15 is 0 Å². The molecule has 0 aliphatic carbocycles. The van der Waals surface area contributed by atoms with E-state index in [9.17, 15) is 14.3 Å². The van der Waals surface area contributed by atoms with E-state index < -0.39 is 11.9 Å². The Bertz CT molecular complexity index is 2150. The van der Waals surface area contributed by atoms with Gasteiger partial charge < -0.3 is 28.5 Å². The second-order valence-electron chi connectivity index (χ2n) is 12.1. The first-order chi connectivity index (χ1) is 23.5. The Labute approximate surface area is 275 Å². The molecular weight excluding hydrogens is 613 g/mol. The van der Waals surface area contributed by atoms with Gasteiger partial charge in [-0.3, -0.25) is 0 Å². The summed E-state index contributed by atoms with van der Waals surface area (Å²) in [6.45, 7) is 2.12. The topological polar surface area (TPSA) is 114 Å². The molecule has 1 saturated heterocycles. The molecule has 3 aromatic heterocycles. The molecule has 48 heavy (non-hydrogen) atoms. The Morgan fingerprint density at radius 1 is 0.979 bits per heavy atom. The van der Waals surface area contributed by atoms with Gasteiger partial charge in [0.1, 0.15) is 24.5 Å². The van der Waals surface area contributed by atoms with Crippen molar-refractivity contribution < 1.29 is 28.5 Å². The minimum Gasteiger partial charge on any atom is -0.493 e. The van der Waals surface area contributed by atoms with E-state index in [1.807, 2.05) is 54.6 Å². The van der Waals surface area contributed by atoms with Crippen molar-refractivity contribution in [2.24, 2.45) is 0 Å². The predicted octanol–water partition coefficient (Wildman–Crippen LogP) is 6.41. The van der Waals surface area contributed by atoms with E-state index in [4.69, 9.17) is 24.2 Å². The third-order valence-corrected chi connectivity index (χ3v) is 8.95. The fraction of sp³-hybridized carbons (Fsp3) is 0.243. The van der Waals surface area contributed by atoms with Crippen molar-refractivity contribution in [2.45, 2.75) is 44.9 Å². The van der Waals surface area contributed by atoms with Crippen molar-refractivity contribution in [2.75, 3.05) is 13.2 Å². The normalized spacial score (nSPS) is 15.9. The highest BCUT2D eigenvalue weighted by molar-refractivity contribution is 5.92. The summed E-state index contributed by atoms with van der Waals surface area (Å²) < 4.78 is 35.9. The Hall–Kier alpha value is -5.55. The summed E-state index contributed by atoms with van der Waals surface area (Å²) in [6, 6.07) is 22.8. The number of ether oxygens (including phenoxy) is 3. The Morgan fingerprint density at radius 3 is 2.71 bits per heavy atom. The van der Waals surface area contributed by atoms with Crippen LogP contribution < -0.4 is 9.47 Å². The van der Waals surface area contributed by atoms with Gasteiger partial charge in [0, 0.05) is 35.9 Å². The lowest BCUT2D eigenvalue weighted by atomic mass is 10.0. The van der Waals surface area contributed by atoms with E-state index in [1.54, 1.807) is 22.8 Å². The number of aromatic nitrogens is 5. The standard InChI is InChI=1S/C37H32FN5O5/c38-34-20-42(22-39-34)28-10-8-27-21-48-36-5-1-4-30(41-36)24-6-7-25(33(17-24)47-13-2-3-23(27)15-28)18-35-40-31-11-9-26(37(44)45)16-32(31)43(35)19-29-12-14-46-29/h1,4-11,15-17,20,22,29H,2-3,12-14,18-19,21H2,(H,44,45). The van der Waals surface area contributed by atoms with Crippen molar-refractivity contribution in [3.63, 3.8) is 0 Å². The van der Waals surface area contributed by atoms with Crippen molar-refractivity contribution in [1.29, 1.82) is 0 Å². The highest BCUT2D eigenvalue weighted by Gasteiger charge is 2.23. The third-order valence-electron chi connectivity index (χ3n) is 8.95. The molecule has 11 heteroatoms. The van der Waals surface area contributed by atoms with E-state index in [2.05, 4.69) is 9.55 Å². The van der Waals surface area contributed by atoms with Gasteiger partial charge in [0.25, 0.3) is 0 Å². The molecule has 1 atom stereocenters. The van der Waals surface area contributed by atoms with Crippen molar-refractivity contribution in [3.8, 4) is 28.6 Å². The number of carboxylic acid groups (broad SMARTS) is 1. The highest BCUT2D eigenvalue weighted by atomic mass is 19.1. The number of rotatable bonds is 6.